The topological polar surface area (TPSA) is 65.3 Å². The number of carbonyl (C=O) groups excluding carboxylic acids is 1. The van der Waals surface area contributed by atoms with E-state index in [1.807, 2.05) is 0 Å². The van der Waals surface area contributed by atoms with Gasteiger partial charge in [0.15, 0.2) is 0 Å². The van der Waals surface area contributed by atoms with Gasteiger partial charge in [-0.25, -0.2) is 0 Å². The van der Waals surface area contributed by atoms with Crippen molar-refractivity contribution in [3.8, 4) is 0 Å². The summed E-state index contributed by atoms with van der Waals surface area (Å²) in [6.07, 6.45) is 5.76. The van der Waals surface area contributed by atoms with Gasteiger partial charge in [-0.2, -0.15) is 0 Å². The second kappa shape index (κ2) is 4.06. The van der Waals surface area contributed by atoms with E-state index in [-0.39, 0.29) is 0 Å². The monoisotopic (exact) mass is 219 g/mol. The molecule has 0 aliphatic rings. The standard InChI is InChI=1S/C11H9NO4/c1-8-6-11(14)12(16-8)10(13)3-2-9-4-5-15-7-9/h2-7H,1H3/b3-2+. The predicted octanol–water partition coefficient (Wildman–Crippen LogP) is 1.70. The first kappa shape index (κ1) is 10.2. The molecule has 0 atom stereocenters. The molecule has 2 aromatic rings. The molecule has 0 bridgehead atoms. The van der Waals surface area contributed by atoms with Crippen LogP contribution in [-0.4, -0.2) is 10.6 Å². The Balaban J connectivity index is 2.21. The lowest BCUT2D eigenvalue weighted by Crippen LogP contribution is -2.19. The van der Waals surface area contributed by atoms with Crippen LogP contribution in [0.4, 0.5) is 0 Å². The summed E-state index contributed by atoms with van der Waals surface area (Å²) in [5, 5.41) is 0. The lowest BCUT2D eigenvalue weighted by atomic mass is 10.3. The highest BCUT2D eigenvalue weighted by Gasteiger charge is 2.08. The molecule has 0 aromatic carbocycles. The van der Waals surface area contributed by atoms with Gasteiger partial charge in [0.25, 0.3) is 11.5 Å². The average molecular weight is 219 g/mol. The van der Waals surface area contributed by atoms with Crippen molar-refractivity contribution in [2.75, 3.05) is 0 Å². The number of rotatable bonds is 2. The third kappa shape index (κ3) is 2.03. The van der Waals surface area contributed by atoms with Crippen LogP contribution < -0.4 is 5.56 Å². The summed E-state index contributed by atoms with van der Waals surface area (Å²) in [5.74, 6) is -0.130. The number of hydrogen-bond donors (Lipinski definition) is 0. The molecule has 5 nitrogen and oxygen atoms in total. The van der Waals surface area contributed by atoms with Gasteiger partial charge in [0.1, 0.15) is 5.76 Å². The van der Waals surface area contributed by atoms with Crippen molar-refractivity contribution >= 4 is 12.0 Å². The largest absolute Gasteiger partial charge is 0.472 e. The van der Waals surface area contributed by atoms with Crippen molar-refractivity contribution in [2.45, 2.75) is 6.92 Å². The van der Waals surface area contributed by atoms with Gasteiger partial charge < -0.3 is 8.94 Å². The molecule has 0 aliphatic heterocycles. The highest BCUT2D eigenvalue weighted by molar-refractivity contribution is 5.92. The minimum Gasteiger partial charge on any atom is -0.472 e. The second-order valence-electron chi connectivity index (χ2n) is 3.21. The van der Waals surface area contributed by atoms with Gasteiger partial charge in [-0.1, -0.05) is 4.74 Å². The quantitative estimate of drug-likeness (QED) is 0.721. The van der Waals surface area contributed by atoms with Crippen molar-refractivity contribution in [3.05, 3.63) is 52.4 Å². The van der Waals surface area contributed by atoms with Gasteiger partial charge in [-0.05, 0) is 19.1 Å². The maximum atomic E-state index is 11.5. The number of carbonyl (C=O) groups is 1. The van der Waals surface area contributed by atoms with E-state index < -0.39 is 11.5 Å². The molecule has 0 N–H and O–H groups in total. The lowest BCUT2D eigenvalue weighted by Gasteiger charge is -1.91. The van der Waals surface area contributed by atoms with E-state index in [0.717, 1.165) is 5.56 Å². The summed E-state index contributed by atoms with van der Waals surface area (Å²) < 4.78 is 10.5. The zero-order valence-electron chi connectivity index (χ0n) is 8.54. The van der Waals surface area contributed by atoms with Crippen molar-refractivity contribution in [1.29, 1.82) is 0 Å². The van der Waals surface area contributed by atoms with E-state index in [1.54, 1.807) is 13.0 Å². The maximum absolute atomic E-state index is 11.5. The minimum atomic E-state index is -0.528. The van der Waals surface area contributed by atoms with Crippen LogP contribution in [0.1, 0.15) is 16.1 Å². The van der Waals surface area contributed by atoms with Crippen LogP contribution in [0.3, 0.4) is 0 Å². The molecule has 5 heteroatoms. The Kier molecular flexibility index (Phi) is 2.59. The molecule has 2 rings (SSSR count). The van der Waals surface area contributed by atoms with Crippen LogP contribution in [0.2, 0.25) is 0 Å². The average Bonchev–Trinajstić information content (AvgIpc) is 2.84. The Morgan fingerprint density at radius 2 is 2.31 bits per heavy atom. The molecule has 0 spiro atoms. The molecule has 82 valence electrons. The van der Waals surface area contributed by atoms with Gasteiger partial charge in [-0.3, -0.25) is 9.59 Å². The van der Waals surface area contributed by atoms with Crippen LogP contribution in [0, 0.1) is 6.92 Å². The number of hydrogen-bond acceptors (Lipinski definition) is 4. The Labute approximate surface area is 90.6 Å². The molecule has 0 unspecified atom stereocenters. The number of aromatic nitrogens is 1. The Hall–Kier alpha value is -2.30. The van der Waals surface area contributed by atoms with Crippen molar-refractivity contribution in [3.63, 3.8) is 0 Å². The summed E-state index contributed by atoms with van der Waals surface area (Å²) in [7, 11) is 0. The van der Waals surface area contributed by atoms with Crippen LogP contribution >= 0.6 is 0 Å². The van der Waals surface area contributed by atoms with Gasteiger partial charge in [0, 0.05) is 17.7 Å². The van der Waals surface area contributed by atoms with Gasteiger partial charge in [0.2, 0.25) is 0 Å². The van der Waals surface area contributed by atoms with Gasteiger partial charge in [-0.15, -0.1) is 0 Å². The minimum absolute atomic E-state index is 0.398. The Morgan fingerprint density at radius 3 is 2.88 bits per heavy atom. The van der Waals surface area contributed by atoms with E-state index >= 15 is 0 Å². The van der Waals surface area contributed by atoms with Gasteiger partial charge in [0.05, 0.1) is 12.5 Å². The molecule has 0 saturated heterocycles. The molecule has 2 heterocycles. The van der Waals surface area contributed by atoms with Crippen LogP contribution in [0.5, 0.6) is 0 Å². The number of allylic oxidation sites excluding steroid dienone is 1. The molecule has 0 aliphatic carbocycles. The van der Waals surface area contributed by atoms with E-state index in [1.165, 1.54) is 30.7 Å². The highest BCUT2D eigenvalue weighted by Crippen LogP contribution is 2.02. The molecule has 0 fully saturated rings. The fourth-order valence-corrected chi connectivity index (χ4v) is 1.21. The lowest BCUT2D eigenvalue weighted by molar-refractivity contribution is 0.0845. The second-order valence-corrected chi connectivity index (χ2v) is 3.21. The molecule has 0 radical (unpaired) electrons. The van der Waals surface area contributed by atoms with Crippen LogP contribution in [-0.2, 0) is 0 Å². The highest BCUT2D eigenvalue weighted by atomic mass is 16.5. The maximum Gasteiger partial charge on any atom is 0.290 e. The van der Waals surface area contributed by atoms with Gasteiger partial charge >= 0.3 is 0 Å². The fraction of sp³-hybridized carbons (Fsp3) is 0.0909. The summed E-state index contributed by atoms with van der Waals surface area (Å²) in [6.45, 7) is 1.60. The molecular formula is C11H9NO4. The Morgan fingerprint density at radius 1 is 1.50 bits per heavy atom. The zero-order valence-corrected chi connectivity index (χ0v) is 8.54. The van der Waals surface area contributed by atoms with Crippen molar-refractivity contribution in [1.82, 2.24) is 4.74 Å². The summed E-state index contributed by atoms with van der Waals surface area (Å²) >= 11 is 0. The first-order chi connectivity index (χ1) is 7.66. The first-order valence-corrected chi connectivity index (χ1v) is 4.61. The number of furan rings is 1. The van der Waals surface area contributed by atoms with E-state index in [2.05, 4.69) is 0 Å². The number of nitrogens with zero attached hydrogens (tertiary/aromatic N) is 1. The van der Waals surface area contributed by atoms with Crippen LogP contribution in [0.15, 0.2) is 44.5 Å². The molecule has 0 saturated carbocycles. The molecule has 2 aromatic heterocycles. The van der Waals surface area contributed by atoms with E-state index in [0.29, 0.717) is 10.5 Å². The summed E-state index contributed by atoms with van der Waals surface area (Å²) in [5.41, 5.74) is 0.268. The third-order valence-electron chi connectivity index (χ3n) is 1.92. The normalized spacial score (nSPS) is 11.1. The predicted molar refractivity (Wildman–Crippen MR) is 56.1 cm³/mol. The Bertz CT molecular complexity index is 571. The summed E-state index contributed by atoms with van der Waals surface area (Å²) in [4.78, 5) is 22.8. The molecule has 0 amide bonds. The molecular weight excluding hydrogens is 210 g/mol. The number of aryl methyl sites for hydroxylation is 1. The van der Waals surface area contributed by atoms with Crippen LogP contribution in [0.25, 0.3) is 6.08 Å². The van der Waals surface area contributed by atoms with Crippen molar-refractivity contribution in [2.24, 2.45) is 0 Å². The summed E-state index contributed by atoms with van der Waals surface area (Å²) in [6, 6.07) is 2.95. The third-order valence-corrected chi connectivity index (χ3v) is 1.92. The van der Waals surface area contributed by atoms with E-state index in [9.17, 15) is 9.59 Å². The van der Waals surface area contributed by atoms with Crippen molar-refractivity contribution < 1.29 is 13.7 Å². The van der Waals surface area contributed by atoms with E-state index in [4.69, 9.17) is 8.94 Å². The fourth-order valence-electron chi connectivity index (χ4n) is 1.21. The molecule has 16 heavy (non-hydrogen) atoms. The zero-order chi connectivity index (χ0) is 11.5. The SMILES string of the molecule is Cc1cc(=O)n(C(=O)/C=C/c2ccoc2)o1. The smallest absolute Gasteiger partial charge is 0.290 e. The first-order valence-electron chi connectivity index (χ1n) is 4.61.